The first-order valence-corrected chi connectivity index (χ1v) is 5.19. The zero-order valence-electron chi connectivity index (χ0n) is 9.92. The molecule has 0 bridgehead atoms. The van der Waals surface area contributed by atoms with Crippen LogP contribution in [0.2, 0.25) is 0 Å². The van der Waals surface area contributed by atoms with Crippen LogP contribution < -0.4 is 5.73 Å². The molecule has 0 heterocycles. The molecule has 0 amide bonds. The van der Waals surface area contributed by atoms with E-state index in [1.165, 1.54) is 0 Å². The number of rotatable bonds is 3. The monoisotopic (exact) mass is 205 g/mol. The summed E-state index contributed by atoms with van der Waals surface area (Å²) in [6.07, 6.45) is 0.433. The molecule has 82 valence electrons. The van der Waals surface area contributed by atoms with Crippen molar-refractivity contribution in [1.29, 1.82) is 0 Å². The summed E-state index contributed by atoms with van der Waals surface area (Å²) in [6, 6.07) is 6.06. The molecule has 1 aromatic rings. The number of hydrogen-bond acceptors (Lipinski definition) is 2. The van der Waals surface area contributed by atoms with Crippen LogP contribution in [0.25, 0.3) is 0 Å². The second-order valence-electron chi connectivity index (χ2n) is 4.69. The zero-order chi connectivity index (χ0) is 11.6. The number of carbonyl (C=O) groups excluding carboxylic acids is 1. The Morgan fingerprint density at radius 3 is 2.13 bits per heavy atom. The van der Waals surface area contributed by atoms with E-state index in [2.05, 4.69) is 0 Å². The van der Waals surface area contributed by atoms with Crippen molar-refractivity contribution < 1.29 is 4.79 Å². The number of carbonyl (C=O) groups is 1. The van der Waals surface area contributed by atoms with E-state index in [9.17, 15) is 4.79 Å². The predicted octanol–water partition coefficient (Wildman–Crippen LogP) is 2.15. The third-order valence-corrected chi connectivity index (χ3v) is 2.70. The van der Waals surface area contributed by atoms with Crippen molar-refractivity contribution in [2.75, 3.05) is 0 Å². The van der Waals surface area contributed by atoms with Crippen molar-refractivity contribution in [3.8, 4) is 0 Å². The molecule has 0 fully saturated rings. The van der Waals surface area contributed by atoms with Crippen LogP contribution in [0.15, 0.2) is 18.2 Å². The van der Waals surface area contributed by atoms with Crippen LogP contribution in [0, 0.1) is 13.8 Å². The third kappa shape index (κ3) is 2.90. The summed E-state index contributed by atoms with van der Waals surface area (Å²) in [5.41, 5.74) is 8.47. The number of ketones is 1. The van der Waals surface area contributed by atoms with E-state index in [1.54, 1.807) is 13.8 Å². The van der Waals surface area contributed by atoms with E-state index in [0.717, 1.165) is 16.7 Å². The van der Waals surface area contributed by atoms with Gasteiger partial charge in [-0.15, -0.1) is 0 Å². The van der Waals surface area contributed by atoms with Gasteiger partial charge in [0.1, 0.15) is 0 Å². The average molecular weight is 205 g/mol. The first kappa shape index (κ1) is 11.9. The van der Waals surface area contributed by atoms with E-state index in [0.29, 0.717) is 6.42 Å². The molecule has 0 aliphatic carbocycles. The molecule has 2 nitrogen and oxygen atoms in total. The van der Waals surface area contributed by atoms with E-state index in [-0.39, 0.29) is 5.78 Å². The minimum absolute atomic E-state index is 0.0832. The lowest BCUT2D eigenvalue weighted by molar-refractivity contribution is -0.122. The van der Waals surface area contributed by atoms with Crippen molar-refractivity contribution in [3.63, 3.8) is 0 Å². The summed E-state index contributed by atoms with van der Waals surface area (Å²) in [5, 5.41) is 0. The number of nitrogens with two attached hydrogens (primary N) is 1. The Kier molecular flexibility index (Phi) is 3.30. The molecule has 0 radical (unpaired) electrons. The van der Waals surface area contributed by atoms with Crippen LogP contribution in [-0.4, -0.2) is 11.3 Å². The van der Waals surface area contributed by atoms with Crippen molar-refractivity contribution in [2.45, 2.75) is 39.7 Å². The van der Waals surface area contributed by atoms with Crippen LogP contribution in [0.1, 0.15) is 30.5 Å². The first-order chi connectivity index (χ1) is 6.82. The molecular formula is C13H19NO. The molecule has 2 heteroatoms. The minimum atomic E-state index is -0.741. The average Bonchev–Trinajstić information content (AvgIpc) is 2.09. The van der Waals surface area contributed by atoms with E-state index in [1.807, 2.05) is 32.0 Å². The predicted molar refractivity (Wildman–Crippen MR) is 62.9 cm³/mol. The van der Waals surface area contributed by atoms with Gasteiger partial charge in [0, 0.05) is 6.42 Å². The lowest BCUT2D eigenvalue weighted by Gasteiger charge is -2.18. The number of benzene rings is 1. The third-order valence-electron chi connectivity index (χ3n) is 2.70. The van der Waals surface area contributed by atoms with Crippen LogP contribution in [0.4, 0.5) is 0 Å². The van der Waals surface area contributed by atoms with Gasteiger partial charge in [-0.2, -0.15) is 0 Å². The van der Waals surface area contributed by atoms with Gasteiger partial charge in [-0.05, 0) is 44.4 Å². The molecule has 0 saturated heterocycles. The summed E-state index contributed by atoms with van der Waals surface area (Å²) >= 11 is 0. The maximum Gasteiger partial charge on any atom is 0.156 e. The molecule has 0 unspecified atom stereocenters. The molecule has 2 N–H and O–H groups in total. The van der Waals surface area contributed by atoms with Gasteiger partial charge < -0.3 is 5.73 Å². The summed E-state index contributed by atoms with van der Waals surface area (Å²) in [7, 11) is 0. The van der Waals surface area contributed by atoms with Crippen LogP contribution in [-0.2, 0) is 11.2 Å². The second-order valence-corrected chi connectivity index (χ2v) is 4.69. The van der Waals surface area contributed by atoms with Crippen molar-refractivity contribution in [2.24, 2.45) is 5.73 Å². The standard InChI is InChI=1S/C13H19NO/c1-9-6-5-7-10(2)11(9)8-12(15)13(3,4)14/h5-7H,8,14H2,1-4H3. The van der Waals surface area contributed by atoms with Gasteiger partial charge in [0.05, 0.1) is 5.54 Å². The number of aryl methyl sites for hydroxylation is 2. The maximum atomic E-state index is 11.8. The molecule has 0 saturated carbocycles. The quantitative estimate of drug-likeness (QED) is 0.821. The fourth-order valence-corrected chi connectivity index (χ4v) is 1.52. The Balaban J connectivity index is 2.95. The minimum Gasteiger partial charge on any atom is -0.319 e. The molecule has 0 aliphatic rings. The highest BCUT2D eigenvalue weighted by Gasteiger charge is 2.22. The topological polar surface area (TPSA) is 43.1 Å². The number of Topliss-reactive ketones (excluding diaryl/α,β-unsaturated/α-hetero) is 1. The summed E-state index contributed by atoms with van der Waals surface area (Å²) in [4.78, 5) is 11.8. The van der Waals surface area contributed by atoms with Crippen molar-refractivity contribution in [3.05, 3.63) is 34.9 Å². The van der Waals surface area contributed by atoms with Gasteiger partial charge in [-0.3, -0.25) is 4.79 Å². The Morgan fingerprint density at radius 2 is 1.73 bits per heavy atom. The van der Waals surface area contributed by atoms with Gasteiger partial charge in [0.25, 0.3) is 0 Å². The largest absolute Gasteiger partial charge is 0.319 e. The molecule has 1 rings (SSSR count). The second kappa shape index (κ2) is 4.15. The van der Waals surface area contributed by atoms with Crippen LogP contribution >= 0.6 is 0 Å². The molecule has 1 aromatic carbocycles. The van der Waals surface area contributed by atoms with Gasteiger partial charge in [-0.1, -0.05) is 18.2 Å². The molecule has 0 spiro atoms. The number of hydrogen-bond donors (Lipinski definition) is 1. The van der Waals surface area contributed by atoms with Crippen molar-refractivity contribution >= 4 is 5.78 Å². The Morgan fingerprint density at radius 1 is 1.27 bits per heavy atom. The Bertz CT molecular complexity index is 354. The fraction of sp³-hybridized carbons (Fsp3) is 0.462. The zero-order valence-corrected chi connectivity index (χ0v) is 9.92. The van der Waals surface area contributed by atoms with Gasteiger partial charge in [-0.25, -0.2) is 0 Å². The van der Waals surface area contributed by atoms with Crippen LogP contribution in [0.3, 0.4) is 0 Å². The molecular weight excluding hydrogens is 186 g/mol. The highest BCUT2D eigenvalue weighted by Crippen LogP contribution is 2.16. The van der Waals surface area contributed by atoms with Gasteiger partial charge >= 0.3 is 0 Å². The van der Waals surface area contributed by atoms with Gasteiger partial charge in [0.15, 0.2) is 5.78 Å². The Labute approximate surface area is 91.5 Å². The van der Waals surface area contributed by atoms with Crippen LogP contribution in [0.5, 0.6) is 0 Å². The van der Waals surface area contributed by atoms with Crippen molar-refractivity contribution in [1.82, 2.24) is 0 Å². The SMILES string of the molecule is Cc1cccc(C)c1CC(=O)C(C)(C)N. The molecule has 0 atom stereocenters. The lowest BCUT2D eigenvalue weighted by atomic mass is 9.91. The van der Waals surface area contributed by atoms with Gasteiger partial charge in [0.2, 0.25) is 0 Å². The fourth-order valence-electron chi connectivity index (χ4n) is 1.52. The van der Waals surface area contributed by atoms with E-state index in [4.69, 9.17) is 5.73 Å². The summed E-state index contributed by atoms with van der Waals surface area (Å²) < 4.78 is 0. The molecule has 0 aromatic heterocycles. The van der Waals surface area contributed by atoms with E-state index < -0.39 is 5.54 Å². The lowest BCUT2D eigenvalue weighted by Crippen LogP contribution is -2.42. The maximum absolute atomic E-state index is 11.8. The smallest absolute Gasteiger partial charge is 0.156 e. The highest BCUT2D eigenvalue weighted by molar-refractivity contribution is 5.89. The molecule has 15 heavy (non-hydrogen) atoms. The summed E-state index contributed by atoms with van der Waals surface area (Å²) in [6.45, 7) is 7.56. The normalized spacial score (nSPS) is 11.5. The van der Waals surface area contributed by atoms with E-state index >= 15 is 0 Å². The highest BCUT2D eigenvalue weighted by atomic mass is 16.1. The Hall–Kier alpha value is -1.15. The molecule has 0 aliphatic heterocycles. The first-order valence-electron chi connectivity index (χ1n) is 5.19. The summed E-state index contributed by atoms with van der Waals surface area (Å²) in [5.74, 6) is 0.0832.